The zero-order valence-corrected chi connectivity index (χ0v) is 13.7. The topological polar surface area (TPSA) is 20.3 Å². The minimum absolute atomic E-state index is 0.0320. The van der Waals surface area contributed by atoms with Crippen LogP contribution in [0.15, 0.2) is 24.3 Å². The van der Waals surface area contributed by atoms with Crippen LogP contribution in [0.5, 0.6) is 0 Å². The van der Waals surface area contributed by atoms with E-state index in [1.807, 2.05) is 13.8 Å². The molecule has 0 heterocycles. The highest BCUT2D eigenvalue weighted by atomic mass is 79.9. The monoisotopic (exact) mass is 365 g/mol. The second-order valence-corrected chi connectivity index (χ2v) is 5.53. The smallest absolute Gasteiger partial charge is 0.335 e. The Bertz CT molecular complexity index is 472. The van der Waals surface area contributed by atoms with Crippen molar-refractivity contribution < 1.29 is 18.0 Å². The van der Waals surface area contributed by atoms with Gasteiger partial charge in [-0.1, -0.05) is 35.8 Å². The van der Waals surface area contributed by atoms with Gasteiger partial charge < -0.3 is 4.90 Å². The lowest BCUT2D eigenvalue weighted by Crippen LogP contribution is -2.41. The van der Waals surface area contributed by atoms with Gasteiger partial charge in [0.25, 0.3) is 5.91 Å². The van der Waals surface area contributed by atoms with Crippen LogP contribution in [-0.4, -0.2) is 28.7 Å². The van der Waals surface area contributed by atoms with E-state index < -0.39 is 11.7 Å². The van der Waals surface area contributed by atoms with E-state index in [0.29, 0.717) is 11.9 Å². The number of alkyl halides is 4. The first-order valence-electron chi connectivity index (χ1n) is 6.89. The van der Waals surface area contributed by atoms with Gasteiger partial charge >= 0.3 is 6.18 Å². The first-order chi connectivity index (χ1) is 9.85. The maximum absolute atomic E-state index is 12.7. The molecule has 1 aromatic rings. The minimum atomic E-state index is -4.44. The van der Waals surface area contributed by atoms with E-state index in [1.54, 1.807) is 4.90 Å². The molecule has 0 aliphatic rings. The number of nitrogens with zero attached hydrogens (tertiary/aromatic N) is 1. The van der Waals surface area contributed by atoms with Crippen molar-refractivity contribution in [2.24, 2.45) is 0 Å². The van der Waals surface area contributed by atoms with Gasteiger partial charge in [-0.15, -0.1) is 0 Å². The van der Waals surface area contributed by atoms with Crippen LogP contribution in [0, 0.1) is 0 Å². The highest BCUT2D eigenvalue weighted by Crippen LogP contribution is 2.30. The van der Waals surface area contributed by atoms with Crippen molar-refractivity contribution in [2.75, 3.05) is 11.9 Å². The number of amides is 1. The molecule has 0 saturated carbocycles. The number of hydrogen-bond donors (Lipinski definition) is 0. The molecule has 0 radical (unpaired) electrons. The molecule has 0 aromatic heterocycles. The third-order valence-electron chi connectivity index (χ3n) is 3.41. The summed E-state index contributed by atoms with van der Waals surface area (Å²) in [6.07, 6.45) is -2.89. The average Bonchev–Trinajstić information content (AvgIpc) is 2.46. The second-order valence-electron chi connectivity index (χ2n) is 4.74. The predicted octanol–water partition coefficient (Wildman–Crippen LogP) is 4.73. The fraction of sp³-hybridized carbons (Fsp3) is 0.533. The van der Waals surface area contributed by atoms with Crippen LogP contribution in [0.25, 0.3) is 0 Å². The Morgan fingerprint density at radius 1 is 1.29 bits per heavy atom. The summed E-state index contributed by atoms with van der Waals surface area (Å²) in [5.41, 5.74) is -0.714. The van der Waals surface area contributed by atoms with Crippen molar-refractivity contribution in [2.45, 2.75) is 38.9 Å². The Hall–Kier alpha value is -1.04. The molecule has 1 aromatic carbocycles. The Labute approximate surface area is 131 Å². The lowest BCUT2D eigenvalue weighted by atomic mass is 10.1. The molecule has 6 heteroatoms. The van der Waals surface area contributed by atoms with E-state index in [9.17, 15) is 18.0 Å². The zero-order chi connectivity index (χ0) is 16.0. The van der Waals surface area contributed by atoms with Crippen molar-refractivity contribution in [3.63, 3.8) is 0 Å². The molecule has 0 bridgehead atoms. The van der Waals surface area contributed by atoms with Gasteiger partial charge in [-0.3, -0.25) is 4.79 Å². The maximum Gasteiger partial charge on any atom is 0.416 e. The maximum atomic E-state index is 12.7. The van der Waals surface area contributed by atoms with E-state index in [4.69, 9.17) is 0 Å². The molecular formula is C15H19BrF3NO. The summed E-state index contributed by atoms with van der Waals surface area (Å²) in [7, 11) is 0. The molecule has 1 rings (SSSR count). The molecule has 1 amide bonds. The molecule has 0 unspecified atom stereocenters. The summed E-state index contributed by atoms with van der Waals surface area (Å²) in [5.74, 6) is -0.353. The van der Waals surface area contributed by atoms with Gasteiger partial charge in [-0.25, -0.2) is 0 Å². The van der Waals surface area contributed by atoms with Gasteiger partial charge in [0.1, 0.15) is 0 Å². The molecular weight excluding hydrogens is 347 g/mol. The lowest BCUT2D eigenvalue weighted by Gasteiger charge is -2.30. The lowest BCUT2D eigenvalue weighted by molar-refractivity contribution is -0.137. The van der Waals surface area contributed by atoms with Gasteiger partial charge in [0, 0.05) is 23.5 Å². The van der Waals surface area contributed by atoms with Gasteiger partial charge in [0.15, 0.2) is 0 Å². The quantitative estimate of drug-likeness (QED) is 0.667. The molecule has 0 N–H and O–H groups in total. The highest BCUT2D eigenvalue weighted by molar-refractivity contribution is 9.09. The standard InChI is InChI=1S/C15H19BrF3NO/c1-3-13(4-2)20(9-8-16)14(21)11-6-5-7-12(10-11)15(17,18)19/h5-7,10,13H,3-4,8-9H2,1-2H3. The summed E-state index contributed by atoms with van der Waals surface area (Å²) in [5, 5.41) is 0.591. The van der Waals surface area contributed by atoms with Crippen LogP contribution >= 0.6 is 15.9 Å². The molecule has 0 saturated heterocycles. The molecule has 118 valence electrons. The van der Waals surface area contributed by atoms with Gasteiger partial charge in [0.05, 0.1) is 5.56 Å². The van der Waals surface area contributed by atoms with Crippen molar-refractivity contribution in [3.05, 3.63) is 35.4 Å². The van der Waals surface area contributed by atoms with Gasteiger partial charge in [-0.05, 0) is 31.0 Å². The molecule has 0 aliphatic carbocycles. The van der Waals surface area contributed by atoms with Crippen LogP contribution in [0.1, 0.15) is 42.6 Å². The molecule has 0 fully saturated rings. The van der Waals surface area contributed by atoms with Crippen LogP contribution in [0.2, 0.25) is 0 Å². The SMILES string of the molecule is CCC(CC)N(CCBr)C(=O)c1cccc(C(F)(F)F)c1. The number of rotatable bonds is 6. The van der Waals surface area contributed by atoms with Crippen LogP contribution in [0.4, 0.5) is 13.2 Å². The third-order valence-corrected chi connectivity index (χ3v) is 3.76. The van der Waals surface area contributed by atoms with Crippen LogP contribution < -0.4 is 0 Å². The van der Waals surface area contributed by atoms with E-state index in [2.05, 4.69) is 15.9 Å². The summed E-state index contributed by atoms with van der Waals surface area (Å²) >= 11 is 3.29. The average molecular weight is 366 g/mol. The Kier molecular flexibility index (Phi) is 6.71. The Morgan fingerprint density at radius 3 is 2.38 bits per heavy atom. The minimum Gasteiger partial charge on any atom is -0.335 e. The molecule has 0 spiro atoms. The van der Waals surface area contributed by atoms with Crippen molar-refractivity contribution in [3.8, 4) is 0 Å². The van der Waals surface area contributed by atoms with Gasteiger partial charge in [0.2, 0.25) is 0 Å². The first-order valence-corrected chi connectivity index (χ1v) is 8.01. The molecule has 2 nitrogen and oxygen atoms in total. The van der Waals surface area contributed by atoms with Crippen molar-refractivity contribution in [1.82, 2.24) is 4.90 Å². The number of halogens is 4. The largest absolute Gasteiger partial charge is 0.416 e. The number of carbonyl (C=O) groups excluding carboxylic acids is 1. The molecule has 0 aliphatic heterocycles. The first kappa shape index (κ1) is 18.0. The van der Waals surface area contributed by atoms with E-state index in [1.165, 1.54) is 12.1 Å². The van der Waals surface area contributed by atoms with E-state index in [-0.39, 0.29) is 17.5 Å². The fourth-order valence-electron chi connectivity index (χ4n) is 2.26. The van der Waals surface area contributed by atoms with Crippen molar-refractivity contribution in [1.29, 1.82) is 0 Å². The summed E-state index contributed by atoms with van der Waals surface area (Å²) in [4.78, 5) is 14.2. The van der Waals surface area contributed by atoms with Crippen molar-refractivity contribution >= 4 is 21.8 Å². The van der Waals surface area contributed by atoms with E-state index >= 15 is 0 Å². The predicted molar refractivity (Wildman–Crippen MR) is 80.6 cm³/mol. The summed E-state index contributed by atoms with van der Waals surface area (Å²) in [6, 6.07) is 4.63. The third kappa shape index (κ3) is 4.73. The Balaban J connectivity index is 3.09. The Morgan fingerprint density at radius 2 is 1.90 bits per heavy atom. The number of carbonyl (C=O) groups is 1. The molecule has 0 atom stereocenters. The van der Waals surface area contributed by atoms with Crippen LogP contribution in [0.3, 0.4) is 0 Å². The summed E-state index contributed by atoms with van der Waals surface area (Å²) in [6.45, 7) is 4.41. The van der Waals surface area contributed by atoms with Crippen LogP contribution in [-0.2, 0) is 6.18 Å². The molecule has 21 heavy (non-hydrogen) atoms. The number of hydrogen-bond acceptors (Lipinski definition) is 1. The van der Waals surface area contributed by atoms with Gasteiger partial charge in [-0.2, -0.15) is 13.2 Å². The fourth-order valence-corrected chi connectivity index (χ4v) is 2.65. The normalized spacial score (nSPS) is 11.8. The number of benzene rings is 1. The zero-order valence-electron chi connectivity index (χ0n) is 12.1. The second kappa shape index (κ2) is 7.82. The highest BCUT2D eigenvalue weighted by Gasteiger charge is 2.31. The van der Waals surface area contributed by atoms with E-state index in [0.717, 1.165) is 25.0 Å². The summed E-state index contributed by atoms with van der Waals surface area (Å²) < 4.78 is 38.2.